The highest BCUT2D eigenvalue weighted by molar-refractivity contribution is 7.89. The highest BCUT2D eigenvalue weighted by Gasteiger charge is 2.28. The lowest BCUT2D eigenvalue weighted by molar-refractivity contribution is 0.132. The first-order valence-electron chi connectivity index (χ1n) is 9.86. The summed E-state index contributed by atoms with van der Waals surface area (Å²) in [4.78, 5) is 12.9. The standard InChI is InChI=1S/C21H24N4O4S/c1-14-6-7-15-4-3-5-18(19(15)24-14)30(26,27)25-16-8-10-17(11-9-16)29-21-20(28-2)22-12-13-23-21/h3-7,12-13,16-17,25H,8-11H2,1-2H3. The fraction of sp³-hybridized carbons (Fsp3) is 0.381. The summed E-state index contributed by atoms with van der Waals surface area (Å²) in [7, 11) is -2.17. The average molecular weight is 429 g/mol. The van der Waals surface area contributed by atoms with Gasteiger partial charge in [0, 0.05) is 29.5 Å². The zero-order chi connectivity index (χ0) is 21.1. The van der Waals surface area contributed by atoms with Gasteiger partial charge in [0.15, 0.2) is 0 Å². The molecule has 1 fully saturated rings. The number of para-hydroxylation sites is 1. The van der Waals surface area contributed by atoms with Gasteiger partial charge in [-0.15, -0.1) is 0 Å². The molecule has 30 heavy (non-hydrogen) atoms. The van der Waals surface area contributed by atoms with Crippen molar-refractivity contribution in [1.82, 2.24) is 19.7 Å². The molecule has 158 valence electrons. The number of hydrogen-bond donors (Lipinski definition) is 1. The Kier molecular flexibility index (Phi) is 5.83. The van der Waals surface area contributed by atoms with Gasteiger partial charge in [-0.3, -0.25) is 4.98 Å². The van der Waals surface area contributed by atoms with E-state index in [2.05, 4.69) is 19.7 Å². The molecule has 1 N–H and O–H groups in total. The number of sulfonamides is 1. The predicted molar refractivity (Wildman–Crippen MR) is 112 cm³/mol. The molecule has 0 saturated heterocycles. The van der Waals surface area contributed by atoms with E-state index in [1.165, 1.54) is 7.11 Å². The van der Waals surface area contributed by atoms with Crippen LogP contribution in [0.15, 0.2) is 47.6 Å². The monoisotopic (exact) mass is 428 g/mol. The van der Waals surface area contributed by atoms with Gasteiger partial charge in [-0.2, -0.15) is 0 Å². The fourth-order valence-corrected chi connectivity index (χ4v) is 5.18. The number of nitrogens with zero attached hydrogens (tertiary/aromatic N) is 3. The Labute approximate surface area is 175 Å². The third-order valence-corrected chi connectivity index (χ3v) is 6.76. The summed E-state index contributed by atoms with van der Waals surface area (Å²) in [6.07, 6.45) is 5.80. The molecule has 0 amide bonds. The van der Waals surface area contributed by atoms with Gasteiger partial charge in [0.1, 0.15) is 11.0 Å². The molecule has 0 unspecified atom stereocenters. The van der Waals surface area contributed by atoms with Crippen LogP contribution >= 0.6 is 0 Å². The highest BCUT2D eigenvalue weighted by Crippen LogP contribution is 2.28. The van der Waals surface area contributed by atoms with Crippen LogP contribution in [0.25, 0.3) is 10.9 Å². The van der Waals surface area contributed by atoms with Crippen molar-refractivity contribution in [2.75, 3.05) is 7.11 Å². The highest BCUT2D eigenvalue weighted by atomic mass is 32.2. The maximum Gasteiger partial charge on any atom is 0.278 e. The molecule has 2 heterocycles. The summed E-state index contributed by atoms with van der Waals surface area (Å²) in [6.45, 7) is 1.85. The Hall–Kier alpha value is -2.78. The normalized spacial score (nSPS) is 19.5. The van der Waals surface area contributed by atoms with Crippen LogP contribution in [0.2, 0.25) is 0 Å². The van der Waals surface area contributed by atoms with Gasteiger partial charge >= 0.3 is 0 Å². The molecule has 1 aliphatic rings. The van der Waals surface area contributed by atoms with Gasteiger partial charge in [0.2, 0.25) is 10.0 Å². The van der Waals surface area contributed by atoms with Crippen molar-refractivity contribution in [3.63, 3.8) is 0 Å². The second-order valence-corrected chi connectivity index (χ2v) is 9.05. The minimum atomic E-state index is -3.69. The van der Waals surface area contributed by atoms with E-state index in [-0.39, 0.29) is 17.0 Å². The number of fused-ring (bicyclic) bond motifs is 1. The van der Waals surface area contributed by atoms with Crippen LogP contribution in [0, 0.1) is 6.92 Å². The van der Waals surface area contributed by atoms with Crippen LogP contribution < -0.4 is 14.2 Å². The number of hydrogen-bond acceptors (Lipinski definition) is 7. The molecule has 3 aromatic rings. The van der Waals surface area contributed by atoms with E-state index in [9.17, 15) is 8.42 Å². The SMILES string of the molecule is COc1nccnc1OC1CCC(NS(=O)(=O)c2cccc3ccc(C)nc23)CC1. The van der Waals surface area contributed by atoms with E-state index in [0.29, 0.717) is 43.0 Å². The maximum absolute atomic E-state index is 13.1. The molecule has 9 heteroatoms. The zero-order valence-corrected chi connectivity index (χ0v) is 17.7. The van der Waals surface area contributed by atoms with Gasteiger partial charge in [-0.25, -0.2) is 23.1 Å². The van der Waals surface area contributed by atoms with E-state index in [4.69, 9.17) is 9.47 Å². The van der Waals surface area contributed by atoms with Gasteiger partial charge in [-0.1, -0.05) is 18.2 Å². The Balaban J connectivity index is 1.43. The number of nitrogens with one attached hydrogen (secondary N) is 1. The van der Waals surface area contributed by atoms with Gasteiger partial charge in [0.05, 0.1) is 12.6 Å². The predicted octanol–water partition coefficient (Wildman–Crippen LogP) is 3.01. The molecule has 2 aromatic heterocycles. The number of ether oxygens (including phenoxy) is 2. The van der Waals surface area contributed by atoms with Crippen molar-refractivity contribution in [2.24, 2.45) is 0 Å². The summed E-state index contributed by atoms with van der Waals surface area (Å²) in [6, 6.07) is 8.82. The summed E-state index contributed by atoms with van der Waals surface area (Å²) < 4.78 is 40.1. The van der Waals surface area contributed by atoms with Crippen molar-refractivity contribution in [1.29, 1.82) is 0 Å². The molecule has 8 nitrogen and oxygen atoms in total. The number of aryl methyl sites for hydroxylation is 1. The van der Waals surface area contributed by atoms with E-state index in [0.717, 1.165) is 11.1 Å². The summed E-state index contributed by atoms with van der Waals surface area (Å²) in [5.74, 6) is 0.709. The van der Waals surface area contributed by atoms with Crippen molar-refractivity contribution < 1.29 is 17.9 Å². The summed E-state index contributed by atoms with van der Waals surface area (Å²) in [5.41, 5.74) is 1.28. The first kappa shape index (κ1) is 20.5. The Morgan fingerprint density at radius 1 is 1.00 bits per heavy atom. The Morgan fingerprint density at radius 3 is 2.47 bits per heavy atom. The average Bonchev–Trinajstić information content (AvgIpc) is 2.75. The molecule has 1 aliphatic carbocycles. The third-order valence-electron chi connectivity index (χ3n) is 5.21. The lowest BCUT2D eigenvalue weighted by atomic mass is 9.94. The van der Waals surface area contributed by atoms with E-state index >= 15 is 0 Å². The van der Waals surface area contributed by atoms with Crippen LogP contribution in [0.3, 0.4) is 0 Å². The molecular weight excluding hydrogens is 404 g/mol. The summed E-state index contributed by atoms with van der Waals surface area (Å²) in [5, 5.41) is 0.804. The number of aromatic nitrogens is 3. The van der Waals surface area contributed by atoms with Crippen LogP contribution in [0.4, 0.5) is 0 Å². The minimum absolute atomic E-state index is 0.0572. The van der Waals surface area contributed by atoms with E-state index in [1.54, 1.807) is 24.5 Å². The smallest absolute Gasteiger partial charge is 0.278 e. The largest absolute Gasteiger partial charge is 0.477 e. The van der Waals surface area contributed by atoms with Crippen molar-refractivity contribution in [2.45, 2.75) is 49.6 Å². The first-order valence-corrected chi connectivity index (χ1v) is 11.3. The van der Waals surface area contributed by atoms with Gasteiger partial charge in [0.25, 0.3) is 11.8 Å². The molecule has 0 bridgehead atoms. The number of pyridine rings is 1. The second kappa shape index (κ2) is 8.53. The molecule has 0 atom stereocenters. The molecule has 1 aromatic carbocycles. The Morgan fingerprint density at radius 2 is 1.73 bits per heavy atom. The molecular formula is C21H24N4O4S. The van der Waals surface area contributed by atoms with Crippen LogP contribution in [-0.2, 0) is 10.0 Å². The Bertz CT molecular complexity index is 1140. The number of methoxy groups -OCH3 is 1. The molecule has 1 saturated carbocycles. The topological polar surface area (TPSA) is 103 Å². The minimum Gasteiger partial charge on any atom is -0.477 e. The lowest BCUT2D eigenvalue weighted by Crippen LogP contribution is -2.39. The van der Waals surface area contributed by atoms with Crippen LogP contribution in [0.5, 0.6) is 11.8 Å². The van der Waals surface area contributed by atoms with Gasteiger partial charge in [-0.05, 0) is 44.7 Å². The van der Waals surface area contributed by atoms with Gasteiger partial charge < -0.3 is 9.47 Å². The molecule has 0 aliphatic heterocycles. The molecule has 4 rings (SSSR count). The van der Waals surface area contributed by atoms with Crippen molar-refractivity contribution in [3.05, 3.63) is 48.4 Å². The van der Waals surface area contributed by atoms with E-state index < -0.39 is 10.0 Å². The maximum atomic E-state index is 13.1. The van der Waals surface area contributed by atoms with E-state index in [1.807, 2.05) is 25.1 Å². The molecule has 0 spiro atoms. The summed E-state index contributed by atoms with van der Waals surface area (Å²) >= 11 is 0. The van der Waals surface area contributed by atoms with Crippen molar-refractivity contribution >= 4 is 20.9 Å². The first-order chi connectivity index (χ1) is 14.5. The second-order valence-electron chi connectivity index (χ2n) is 7.36. The van der Waals surface area contributed by atoms with Crippen molar-refractivity contribution in [3.8, 4) is 11.8 Å². The third kappa shape index (κ3) is 4.36. The fourth-order valence-electron chi connectivity index (χ4n) is 3.71. The quantitative estimate of drug-likeness (QED) is 0.644. The molecule has 0 radical (unpaired) electrons. The number of benzene rings is 1. The van der Waals surface area contributed by atoms with Crippen LogP contribution in [0.1, 0.15) is 31.4 Å². The number of rotatable bonds is 6. The zero-order valence-electron chi connectivity index (χ0n) is 16.9. The van der Waals surface area contributed by atoms with Crippen LogP contribution in [-0.4, -0.2) is 42.6 Å². The lowest BCUT2D eigenvalue weighted by Gasteiger charge is -2.29.